The highest BCUT2D eigenvalue weighted by molar-refractivity contribution is 5.69. The van der Waals surface area contributed by atoms with Crippen molar-refractivity contribution in [2.45, 2.75) is 32.4 Å². The lowest BCUT2D eigenvalue weighted by Crippen LogP contribution is -2.46. The summed E-state index contributed by atoms with van der Waals surface area (Å²) in [7, 11) is 2.02. The molecule has 0 amide bonds. The number of ether oxygens (including phenoxy) is 2. The van der Waals surface area contributed by atoms with Crippen LogP contribution < -0.4 is 5.32 Å². The minimum absolute atomic E-state index is 0.130. The van der Waals surface area contributed by atoms with Gasteiger partial charge in [0.15, 0.2) is 0 Å². The van der Waals surface area contributed by atoms with Gasteiger partial charge in [-0.25, -0.2) is 0 Å². The monoisotopic (exact) mass is 244 g/mol. The molecule has 1 aliphatic heterocycles. The Morgan fingerprint density at radius 1 is 1.65 bits per heavy atom. The van der Waals surface area contributed by atoms with Crippen LogP contribution in [-0.2, 0) is 14.3 Å². The van der Waals surface area contributed by atoms with Gasteiger partial charge in [0, 0.05) is 25.7 Å². The molecule has 0 aliphatic carbocycles. The number of carbonyl (C=O) groups is 1. The Labute approximate surface area is 103 Å². The fourth-order valence-corrected chi connectivity index (χ4v) is 1.86. The summed E-state index contributed by atoms with van der Waals surface area (Å²) in [4.78, 5) is 13.5. The third-order valence-electron chi connectivity index (χ3n) is 3.02. The van der Waals surface area contributed by atoms with Gasteiger partial charge in [-0.1, -0.05) is 0 Å². The van der Waals surface area contributed by atoms with Crippen molar-refractivity contribution in [2.24, 2.45) is 0 Å². The lowest BCUT2D eigenvalue weighted by molar-refractivity contribution is -0.144. The van der Waals surface area contributed by atoms with Crippen LogP contribution in [0.3, 0.4) is 0 Å². The molecule has 100 valence electrons. The molecule has 2 atom stereocenters. The molecule has 1 heterocycles. The van der Waals surface area contributed by atoms with Gasteiger partial charge in [-0.05, 0) is 20.9 Å². The molecule has 0 saturated carbocycles. The Hall–Kier alpha value is -0.650. The smallest absolute Gasteiger partial charge is 0.307 e. The number of esters is 1. The number of likely N-dealkylation sites (N-methyl/N-ethyl adjacent to an activating group) is 1. The largest absolute Gasteiger partial charge is 0.466 e. The van der Waals surface area contributed by atoms with E-state index < -0.39 is 0 Å². The molecule has 0 spiro atoms. The molecular formula is C12H24N2O3. The number of nitrogens with zero attached hydrogens (tertiary/aromatic N) is 1. The quantitative estimate of drug-likeness (QED) is 0.679. The minimum Gasteiger partial charge on any atom is -0.466 e. The summed E-state index contributed by atoms with van der Waals surface area (Å²) in [6.45, 7) is 7.74. The normalized spacial score (nSPS) is 22.5. The van der Waals surface area contributed by atoms with Crippen LogP contribution in [0.2, 0.25) is 0 Å². The van der Waals surface area contributed by atoms with E-state index in [0.29, 0.717) is 13.0 Å². The van der Waals surface area contributed by atoms with Crippen LogP contribution in [0.4, 0.5) is 0 Å². The molecule has 1 fully saturated rings. The van der Waals surface area contributed by atoms with Gasteiger partial charge in [-0.15, -0.1) is 0 Å². The lowest BCUT2D eigenvalue weighted by Gasteiger charge is -2.31. The van der Waals surface area contributed by atoms with E-state index in [4.69, 9.17) is 9.47 Å². The second-order valence-corrected chi connectivity index (χ2v) is 4.49. The maximum absolute atomic E-state index is 11.4. The third kappa shape index (κ3) is 5.48. The van der Waals surface area contributed by atoms with Crippen LogP contribution >= 0.6 is 0 Å². The number of morpholine rings is 1. The van der Waals surface area contributed by atoms with Crippen molar-refractivity contribution in [1.82, 2.24) is 10.2 Å². The standard InChI is InChI=1S/C12H24N2O3/c1-4-16-12(15)7-10(2)14(3)9-11-8-13-5-6-17-11/h10-11,13H,4-9H2,1-3H3. The van der Waals surface area contributed by atoms with Crippen LogP contribution in [0.15, 0.2) is 0 Å². The molecule has 1 rings (SSSR count). The van der Waals surface area contributed by atoms with Gasteiger partial charge in [0.2, 0.25) is 0 Å². The Balaban J connectivity index is 2.25. The van der Waals surface area contributed by atoms with Gasteiger partial charge in [0.25, 0.3) is 0 Å². The first-order valence-electron chi connectivity index (χ1n) is 6.31. The highest BCUT2D eigenvalue weighted by Gasteiger charge is 2.20. The van der Waals surface area contributed by atoms with Crippen LogP contribution in [0.5, 0.6) is 0 Å². The highest BCUT2D eigenvalue weighted by Crippen LogP contribution is 2.06. The van der Waals surface area contributed by atoms with E-state index in [-0.39, 0.29) is 18.1 Å². The molecule has 0 bridgehead atoms. The van der Waals surface area contributed by atoms with Crippen LogP contribution in [0.1, 0.15) is 20.3 Å². The van der Waals surface area contributed by atoms with E-state index in [1.54, 1.807) is 0 Å². The molecule has 17 heavy (non-hydrogen) atoms. The first kappa shape index (κ1) is 14.4. The average molecular weight is 244 g/mol. The zero-order chi connectivity index (χ0) is 12.7. The van der Waals surface area contributed by atoms with Crippen LogP contribution in [-0.4, -0.2) is 62.9 Å². The van der Waals surface area contributed by atoms with E-state index in [0.717, 1.165) is 26.2 Å². The summed E-state index contributed by atoms with van der Waals surface area (Å²) in [6.07, 6.45) is 0.656. The zero-order valence-electron chi connectivity index (χ0n) is 11.1. The van der Waals surface area contributed by atoms with Crippen molar-refractivity contribution < 1.29 is 14.3 Å². The van der Waals surface area contributed by atoms with E-state index in [1.165, 1.54) is 0 Å². The Bertz CT molecular complexity index is 230. The van der Waals surface area contributed by atoms with Crippen molar-refractivity contribution in [2.75, 3.05) is 39.9 Å². The average Bonchev–Trinajstić information content (AvgIpc) is 2.30. The summed E-state index contributed by atoms with van der Waals surface area (Å²) in [6, 6.07) is 0.180. The van der Waals surface area contributed by atoms with Gasteiger partial charge >= 0.3 is 5.97 Å². The van der Waals surface area contributed by atoms with Crippen molar-refractivity contribution in [1.29, 1.82) is 0 Å². The lowest BCUT2D eigenvalue weighted by atomic mass is 10.2. The second kappa shape index (κ2) is 7.63. The molecule has 1 saturated heterocycles. The molecule has 1 N–H and O–H groups in total. The van der Waals surface area contributed by atoms with E-state index >= 15 is 0 Å². The number of hydrogen-bond acceptors (Lipinski definition) is 5. The second-order valence-electron chi connectivity index (χ2n) is 4.49. The molecule has 5 nitrogen and oxygen atoms in total. The molecule has 0 radical (unpaired) electrons. The number of hydrogen-bond donors (Lipinski definition) is 1. The Kier molecular flexibility index (Phi) is 6.47. The Morgan fingerprint density at radius 2 is 2.41 bits per heavy atom. The van der Waals surface area contributed by atoms with Gasteiger partial charge in [0.05, 0.1) is 25.7 Å². The topological polar surface area (TPSA) is 50.8 Å². The van der Waals surface area contributed by atoms with Crippen LogP contribution in [0.25, 0.3) is 0 Å². The summed E-state index contributed by atoms with van der Waals surface area (Å²) < 4.78 is 10.6. The molecule has 1 aliphatic rings. The van der Waals surface area contributed by atoms with Gasteiger partial charge < -0.3 is 19.7 Å². The van der Waals surface area contributed by atoms with E-state index in [1.807, 2.05) is 20.9 Å². The minimum atomic E-state index is -0.130. The number of nitrogens with one attached hydrogen (secondary N) is 1. The molecular weight excluding hydrogens is 220 g/mol. The predicted molar refractivity (Wildman–Crippen MR) is 66.0 cm³/mol. The van der Waals surface area contributed by atoms with Crippen LogP contribution in [0, 0.1) is 0 Å². The molecule has 0 aromatic heterocycles. The van der Waals surface area contributed by atoms with Crippen molar-refractivity contribution >= 4 is 5.97 Å². The van der Waals surface area contributed by atoms with Gasteiger partial charge in [-0.2, -0.15) is 0 Å². The van der Waals surface area contributed by atoms with Crippen molar-refractivity contribution in [3.05, 3.63) is 0 Å². The third-order valence-corrected chi connectivity index (χ3v) is 3.02. The number of carbonyl (C=O) groups excluding carboxylic acids is 1. The maximum atomic E-state index is 11.4. The summed E-state index contributed by atoms with van der Waals surface area (Å²) in [5, 5.41) is 3.30. The van der Waals surface area contributed by atoms with Gasteiger partial charge in [0.1, 0.15) is 0 Å². The fraction of sp³-hybridized carbons (Fsp3) is 0.917. The SMILES string of the molecule is CCOC(=O)CC(C)N(C)CC1CNCCO1. The first-order valence-corrected chi connectivity index (χ1v) is 6.31. The van der Waals surface area contributed by atoms with Crippen molar-refractivity contribution in [3.8, 4) is 0 Å². The van der Waals surface area contributed by atoms with E-state index in [2.05, 4.69) is 10.2 Å². The van der Waals surface area contributed by atoms with Gasteiger partial charge in [-0.3, -0.25) is 4.79 Å². The molecule has 2 unspecified atom stereocenters. The predicted octanol–water partition coefficient (Wildman–Crippen LogP) is 0.248. The summed E-state index contributed by atoms with van der Waals surface area (Å²) >= 11 is 0. The highest BCUT2D eigenvalue weighted by atomic mass is 16.5. The summed E-state index contributed by atoms with van der Waals surface area (Å²) in [5.74, 6) is -0.130. The van der Waals surface area contributed by atoms with E-state index in [9.17, 15) is 4.79 Å². The summed E-state index contributed by atoms with van der Waals surface area (Å²) in [5.41, 5.74) is 0. The maximum Gasteiger partial charge on any atom is 0.307 e. The van der Waals surface area contributed by atoms with Crippen molar-refractivity contribution in [3.63, 3.8) is 0 Å². The Morgan fingerprint density at radius 3 is 3.00 bits per heavy atom. The zero-order valence-corrected chi connectivity index (χ0v) is 11.1. The fourth-order valence-electron chi connectivity index (χ4n) is 1.86. The molecule has 0 aromatic carbocycles. The number of rotatable bonds is 6. The molecule has 5 heteroatoms. The first-order chi connectivity index (χ1) is 8.13. The molecule has 0 aromatic rings.